The molecule has 1 aromatic heterocycles. The van der Waals surface area contributed by atoms with Crippen molar-refractivity contribution in [3.05, 3.63) is 112 Å². The van der Waals surface area contributed by atoms with Crippen LogP contribution in [0.5, 0.6) is 0 Å². The van der Waals surface area contributed by atoms with Gasteiger partial charge in [-0.3, -0.25) is 14.6 Å². The lowest BCUT2D eigenvalue weighted by molar-refractivity contribution is 0.102. The van der Waals surface area contributed by atoms with E-state index in [1.165, 1.54) is 0 Å². The summed E-state index contributed by atoms with van der Waals surface area (Å²) < 4.78 is 0.811. The molecule has 0 saturated carbocycles. The molecule has 1 aliphatic heterocycles. The second-order valence-corrected chi connectivity index (χ2v) is 9.95. The lowest BCUT2D eigenvalue weighted by atomic mass is 9.98. The lowest BCUT2D eigenvalue weighted by Crippen LogP contribution is -2.35. The minimum atomic E-state index is -0.365. The summed E-state index contributed by atoms with van der Waals surface area (Å²) in [7, 11) is 2.03. The topological polar surface area (TPSA) is 98.7 Å². The van der Waals surface area contributed by atoms with E-state index in [2.05, 4.69) is 58.9 Å². The summed E-state index contributed by atoms with van der Waals surface area (Å²) >= 11 is 3.33. The van der Waals surface area contributed by atoms with Crippen LogP contribution < -0.4 is 16.0 Å². The van der Waals surface area contributed by atoms with Gasteiger partial charge in [0.1, 0.15) is 5.82 Å². The monoisotopic (exact) mass is 582 g/mol. The van der Waals surface area contributed by atoms with Crippen molar-refractivity contribution in [1.82, 2.24) is 15.2 Å². The number of pyridine rings is 1. The van der Waals surface area contributed by atoms with Gasteiger partial charge in [0.2, 0.25) is 0 Å². The number of amides is 2. The van der Waals surface area contributed by atoms with Gasteiger partial charge in [-0.1, -0.05) is 48.5 Å². The van der Waals surface area contributed by atoms with Crippen molar-refractivity contribution in [2.24, 2.45) is 4.99 Å². The molecule has 1 aliphatic rings. The number of benzene rings is 3. The summed E-state index contributed by atoms with van der Waals surface area (Å²) in [6.45, 7) is 2.38. The molecule has 196 valence electrons. The molecule has 3 aromatic carbocycles. The SMILES string of the molecule is CN1CCN=C1NCc1ccccc1-c1ccc(C(=O)Nc2ccccc2C(=O)Nc2ccc(Br)cn2)cc1. The van der Waals surface area contributed by atoms with Crippen molar-refractivity contribution in [3.63, 3.8) is 0 Å². The predicted molar refractivity (Wildman–Crippen MR) is 158 cm³/mol. The van der Waals surface area contributed by atoms with Gasteiger partial charge in [-0.05, 0) is 69.0 Å². The fraction of sp³-hybridized carbons (Fsp3) is 0.133. The quantitative estimate of drug-likeness (QED) is 0.271. The van der Waals surface area contributed by atoms with E-state index < -0.39 is 0 Å². The number of guanidine groups is 1. The van der Waals surface area contributed by atoms with Crippen LogP contribution in [0.1, 0.15) is 26.3 Å². The van der Waals surface area contributed by atoms with E-state index in [-0.39, 0.29) is 11.8 Å². The van der Waals surface area contributed by atoms with Crippen LogP contribution in [0.2, 0.25) is 0 Å². The van der Waals surface area contributed by atoms with E-state index in [1.807, 2.05) is 31.3 Å². The van der Waals surface area contributed by atoms with Crippen LogP contribution in [0.25, 0.3) is 11.1 Å². The summed E-state index contributed by atoms with van der Waals surface area (Å²) in [4.78, 5) is 36.8. The zero-order chi connectivity index (χ0) is 27.2. The highest BCUT2D eigenvalue weighted by Crippen LogP contribution is 2.25. The Morgan fingerprint density at radius 1 is 0.897 bits per heavy atom. The van der Waals surface area contributed by atoms with Crippen LogP contribution >= 0.6 is 15.9 Å². The summed E-state index contributed by atoms with van der Waals surface area (Å²) in [5.41, 5.74) is 4.47. The largest absolute Gasteiger partial charge is 0.352 e. The van der Waals surface area contributed by atoms with E-state index in [0.717, 1.165) is 40.2 Å². The van der Waals surface area contributed by atoms with Crippen LogP contribution in [0.4, 0.5) is 11.5 Å². The maximum absolute atomic E-state index is 13.1. The molecular weight excluding hydrogens is 556 g/mol. The number of hydrogen-bond donors (Lipinski definition) is 3. The van der Waals surface area contributed by atoms with Gasteiger partial charge in [-0.25, -0.2) is 4.98 Å². The molecule has 0 bridgehead atoms. The lowest BCUT2D eigenvalue weighted by Gasteiger charge is -2.17. The molecule has 8 nitrogen and oxygen atoms in total. The summed E-state index contributed by atoms with van der Waals surface area (Å²) in [6, 6.07) is 26.0. The number of nitrogens with one attached hydrogen (secondary N) is 3. The number of carbonyl (C=O) groups is 2. The standard InChI is InChI=1S/C30H27BrN6O2/c1-37-17-16-32-30(37)34-18-22-6-2-3-7-24(22)20-10-12-21(13-11-20)28(38)35-26-9-5-4-8-25(26)29(39)36-27-15-14-23(31)19-33-27/h2-15,19H,16-18H2,1H3,(H,32,34)(H,35,38)(H,33,36,39). The number of para-hydroxylation sites is 1. The Bertz CT molecular complexity index is 1520. The minimum absolute atomic E-state index is 0.305. The first-order valence-electron chi connectivity index (χ1n) is 12.5. The van der Waals surface area contributed by atoms with Crippen LogP contribution in [0.15, 0.2) is 101 Å². The molecule has 5 rings (SSSR count). The molecule has 0 aliphatic carbocycles. The Morgan fingerprint density at radius 2 is 1.67 bits per heavy atom. The van der Waals surface area contributed by atoms with Crippen molar-refractivity contribution in [2.75, 3.05) is 30.8 Å². The van der Waals surface area contributed by atoms with E-state index in [1.54, 1.807) is 54.7 Å². The molecular formula is C30H27BrN6O2. The second-order valence-electron chi connectivity index (χ2n) is 9.03. The Kier molecular flexibility index (Phi) is 7.98. The smallest absolute Gasteiger partial charge is 0.258 e. The third kappa shape index (κ3) is 6.32. The molecule has 9 heteroatoms. The van der Waals surface area contributed by atoms with Crippen molar-refractivity contribution >= 4 is 45.2 Å². The molecule has 0 spiro atoms. The number of aromatic nitrogens is 1. The van der Waals surface area contributed by atoms with Gasteiger partial charge in [0.15, 0.2) is 5.96 Å². The second kappa shape index (κ2) is 11.9. The van der Waals surface area contributed by atoms with Crippen molar-refractivity contribution in [3.8, 4) is 11.1 Å². The highest BCUT2D eigenvalue weighted by atomic mass is 79.9. The van der Waals surface area contributed by atoms with Gasteiger partial charge in [0.05, 0.1) is 17.8 Å². The summed E-state index contributed by atoms with van der Waals surface area (Å²) in [5, 5.41) is 9.06. The predicted octanol–water partition coefficient (Wildman–Crippen LogP) is 5.41. The Labute approximate surface area is 235 Å². The first-order chi connectivity index (χ1) is 19.0. The first kappa shape index (κ1) is 26.1. The van der Waals surface area contributed by atoms with E-state index in [4.69, 9.17) is 0 Å². The zero-order valence-corrected chi connectivity index (χ0v) is 22.9. The number of aliphatic imine (C=N–C) groups is 1. The number of halogens is 1. The van der Waals surface area contributed by atoms with Crippen molar-refractivity contribution in [2.45, 2.75) is 6.54 Å². The van der Waals surface area contributed by atoms with E-state index >= 15 is 0 Å². The Morgan fingerprint density at radius 3 is 2.41 bits per heavy atom. The van der Waals surface area contributed by atoms with Gasteiger partial charge in [0.25, 0.3) is 11.8 Å². The van der Waals surface area contributed by atoms with E-state index in [9.17, 15) is 9.59 Å². The van der Waals surface area contributed by atoms with Gasteiger partial charge in [-0.2, -0.15) is 0 Å². The van der Waals surface area contributed by atoms with Gasteiger partial charge in [-0.15, -0.1) is 0 Å². The summed E-state index contributed by atoms with van der Waals surface area (Å²) in [5.74, 6) is 0.648. The molecule has 39 heavy (non-hydrogen) atoms. The maximum atomic E-state index is 13.1. The van der Waals surface area contributed by atoms with Crippen LogP contribution in [-0.4, -0.2) is 47.8 Å². The van der Waals surface area contributed by atoms with E-state index in [0.29, 0.717) is 29.2 Å². The number of hydrogen-bond acceptors (Lipinski definition) is 6. The molecule has 0 radical (unpaired) electrons. The van der Waals surface area contributed by atoms with Gasteiger partial charge < -0.3 is 20.9 Å². The normalized spacial score (nSPS) is 12.6. The van der Waals surface area contributed by atoms with Crippen molar-refractivity contribution < 1.29 is 9.59 Å². The molecule has 3 N–H and O–H groups in total. The fourth-order valence-corrected chi connectivity index (χ4v) is 4.51. The number of anilines is 2. The van der Waals surface area contributed by atoms with Crippen LogP contribution in [-0.2, 0) is 6.54 Å². The number of likely N-dealkylation sites (N-methyl/N-ethyl adjacent to an activating group) is 1. The van der Waals surface area contributed by atoms with Crippen LogP contribution in [0.3, 0.4) is 0 Å². The highest BCUT2D eigenvalue weighted by molar-refractivity contribution is 9.10. The number of rotatable bonds is 7. The van der Waals surface area contributed by atoms with Crippen LogP contribution in [0, 0.1) is 0 Å². The molecule has 2 heterocycles. The highest BCUT2D eigenvalue weighted by Gasteiger charge is 2.16. The molecule has 0 atom stereocenters. The molecule has 0 unspecified atom stereocenters. The number of carbonyl (C=O) groups excluding carboxylic acids is 2. The molecule has 0 saturated heterocycles. The van der Waals surface area contributed by atoms with Crippen molar-refractivity contribution in [1.29, 1.82) is 0 Å². The average Bonchev–Trinajstić information content (AvgIpc) is 3.38. The Hall–Kier alpha value is -4.50. The molecule has 2 amide bonds. The summed E-state index contributed by atoms with van der Waals surface area (Å²) in [6.07, 6.45) is 1.60. The fourth-order valence-electron chi connectivity index (χ4n) is 4.27. The third-order valence-electron chi connectivity index (χ3n) is 6.36. The van der Waals surface area contributed by atoms with Gasteiger partial charge >= 0.3 is 0 Å². The average molecular weight is 583 g/mol. The maximum Gasteiger partial charge on any atom is 0.258 e. The third-order valence-corrected chi connectivity index (χ3v) is 6.83. The Balaban J connectivity index is 1.28. The molecule has 4 aromatic rings. The minimum Gasteiger partial charge on any atom is -0.352 e. The van der Waals surface area contributed by atoms with Gasteiger partial charge in [0, 0.05) is 36.4 Å². The molecule has 0 fully saturated rings. The number of nitrogens with zero attached hydrogens (tertiary/aromatic N) is 3. The zero-order valence-electron chi connectivity index (χ0n) is 21.3. The first-order valence-corrected chi connectivity index (χ1v) is 13.3.